The molecule has 0 spiro atoms. The number of benzene rings is 1. The molecule has 0 aromatic heterocycles. The summed E-state index contributed by atoms with van der Waals surface area (Å²) in [5.41, 5.74) is 7.07. The molecule has 2 amide bonds. The van der Waals surface area contributed by atoms with Gasteiger partial charge in [0.2, 0.25) is 11.6 Å². The van der Waals surface area contributed by atoms with E-state index in [-0.39, 0.29) is 4.90 Å². The first-order chi connectivity index (χ1) is 9.76. The van der Waals surface area contributed by atoms with Gasteiger partial charge in [-0.1, -0.05) is 0 Å². The van der Waals surface area contributed by atoms with Crippen molar-refractivity contribution in [2.45, 2.75) is 11.8 Å². The summed E-state index contributed by atoms with van der Waals surface area (Å²) in [5.74, 6) is -1.70. The monoisotopic (exact) mass is 309 g/mol. The molecule has 0 aliphatic rings. The summed E-state index contributed by atoms with van der Waals surface area (Å²) in [6, 6.07) is 6.62. The molecule has 0 bridgehead atoms. The number of nitrogens with one attached hydrogen (secondary N) is 2. The molecule has 10 heteroatoms. The number of sulfonamides is 1. The molecule has 0 aliphatic carbocycles. The Labute approximate surface area is 120 Å². The lowest BCUT2D eigenvalue weighted by Crippen LogP contribution is -2.28. The van der Waals surface area contributed by atoms with E-state index in [9.17, 15) is 18.0 Å². The van der Waals surface area contributed by atoms with Gasteiger partial charge in [0.1, 0.15) is 6.07 Å². The molecule has 0 unspecified atom stereocenters. The highest BCUT2D eigenvalue weighted by Gasteiger charge is 2.14. The lowest BCUT2D eigenvalue weighted by atomic mass is 10.3. The summed E-state index contributed by atoms with van der Waals surface area (Å²) in [4.78, 5) is 21.4. The maximum Gasteiger partial charge on any atom is 0.280 e. The Morgan fingerprint density at radius 1 is 1.29 bits per heavy atom. The molecule has 0 atom stereocenters. The number of amides is 2. The van der Waals surface area contributed by atoms with E-state index in [1.54, 1.807) is 0 Å². The number of anilines is 1. The van der Waals surface area contributed by atoms with Crippen molar-refractivity contribution in [1.29, 1.82) is 5.26 Å². The average molecular weight is 309 g/mol. The summed E-state index contributed by atoms with van der Waals surface area (Å²) < 4.78 is 25.2. The topological polar surface area (TPSA) is 155 Å². The predicted octanol–water partition coefficient (Wildman–Crippen LogP) is -0.712. The molecule has 21 heavy (non-hydrogen) atoms. The molecule has 0 saturated carbocycles. The van der Waals surface area contributed by atoms with E-state index in [1.165, 1.54) is 30.3 Å². The van der Waals surface area contributed by atoms with Gasteiger partial charge in [-0.05, 0) is 24.3 Å². The zero-order chi connectivity index (χ0) is 16.0. The molecule has 0 saturated heterocycles. The minimum Gasteiger partial charge on any atom is -0.364 e. The van der Waals surface area contributed by atoms with Gasteiger partial charge in [-0.3, -0.25) is 15.0 Å². The summed E-state index contributed by atoms with van der Waals surface area (Å²) in [6.07, 6.45) is 0. The molecule has 9 nitrogen and oxygen atoms in total. The molecular formula is C11H11N5O4S. The van der Waals surface area contributed by atoms with Crippen molar-refractivity contribution < 1.29 is 18.0 Å². The van der Waals surface area contributed by atoms with E-state index in [2.05, 4.69) is 10.5 Å². The van der Waals surface area contributed by atoms with E-state index in [0.717, 1.165) is 6.92 Å². The molecular weight excluding hydrogens is 298 g/mol. The number of rotatable bonds is 5. The van der Waals surface area contributed by atoms with Crippen molar-refractivity contribution in [2.24, 2.45) is 10.8 Å². The van der Waals surface area contributed by atoms with Crippen LogP contribution in [0.4, 0.5) is 5.69 Å². The zero-order valence-corrected chi connectivity index (χ0v) is 11.6. The van der Waals surface area contributed by atoms with Crippen LogP contribution in [-0.2, 0) is 19.6 Å². The minimum atomic E-state index is -3.92. The lowest BCUT2D eigenvalue weighted by molar-refractivity contribution is -0.117. The molecule has 0 heterocycles. The molecule has 0 aliphatic heterocycles. The van der Waals surface area contributed by atoms with Crippen LogP contribution < -0.4 is 15.9 Å². The highest BCUT2D eigenvalue weighted by molar-refractivity contribution is 7.90. The highest BCUT2D eigenvalue weighted by Crippen LogP contribution is 2.13. The van der Waals surface area contributed by atoms with Gasteiger partial charge in [0.15, 0.2) is 0 Å². The van der Waals surface area contributed by atoms with Gasteiger partial charge in [0, 0.05) is 6.92 Å². The van der Waals surface area contributed by atoms with Gasteiger partial charge in [-0.15, -0.1) is 0 Å². The Bertz CT molecular complexity index is 731. The first-order valence-electron chi connectivity index (χ1n) is 5.43. The van der Waals surface area contributed by atoms with Crippen LogP contribution in [0.15, 0.2) is 34.3 Å². The van der Waals surface area contributed by atoms with E-state index in [4.69, 9.17) is 11.0 Å². The summed E-state index contributed by atoms with van der Waals surface area (Å²) >= 11 is 0. The van der Waals surface area contributed by atoms with E-state index < -0.39 is 27.5 Å². The number of carbonyl (C=O) groups is 2. The zero-order valence-electron chi connectivity index (χ0n) is 10.8. The largest absolute Gasteiger partial charge is 0.364 e. The van der Waals surface area contributed by atoms with Crippen LogP contribution in [0.3, 0.4) is 0 Å². The second-order valence-electron chi connectivity index (χ2n) is 3.73. The van der Waals surface area contributed by atoms with Crippen molar-refractivity contribution >= 4 is 33.2 Å². The van der Waals surface area contributed by atoms with Gasteiger partial charge >= 0.3 is 0 Å². The Balaban J connectivity index is 2.92. The molecule has 0 radical (unpaired) electrons. The molecule has 110 valence electrons. The molecule has 0 fully saturated rings. The smallest absolute Gasteiger partial charge is 0.280 e. The SMILES string of the molecule is CC(=O)NS(=O)(=O)c1ccc(N/N=C(\C#N)C(N)=O)cc1. The van der Waals surface area contributed by atoms with E-state index in [0.29, 0.717) is 5.69 Å². The highest BCUT2D eigenvalue weighted by atomic mass is 32.2. The average Bonchev–Trinajstić information content (AvgIpc) is 2.38. The standard InChI is InChI=1S/C11H11N5O4S/c1-7(17)16-21(19,20)9-4-2-8(3-5-9)14-15-10(6-12)11(13)18/h2-5,14H,1H3,(H2,13,18)(H,16,17)/b15-10+. The van der Waals surface area contributed by atoms with Crippen LogP contribution in [-0.4, -0.2) is 25.9 Å². The third-order valence-corrected chi connectivity index (χ3v) is 3.53. The normalized spacial score (nSPS) is 11.3. The number of nitrogens with two attached hydrogens (primary N) is 1. The second-order valence-corrected chi connectivity index (χ2v) is 5.42. The van der Waals surface area contributed by atoms with Crippen LogP contribution in [0.25, 0.3) is 0 Å². The number of nitrogens with zero attached hydrogens (tertiary/aromatic N) is 2. The van der Waals surface area contributed by atoms with Crippen LogP contribution in [0.2, 0.25) is 0 Å². The fourth-order valence-electron chi connectivity index (χ4n) is 1.21. The van der Waals surface area contributed by atoms with E-state index in [1.807, 2.05) is 4.72 Å². The molecule has 1 aromatic rings. The van der Waals surface area contributed by atoms with Gasteiger partial charge in [0.25, 0.3) is 15.9 Å². The number of hydrogen-bond acceptors (Lipinski definition) is 7. The first kappa shape index (κ1) is 16.1. The summed E-state index contributed by atoms with van der Waals surface area (Å²) in [6.45, 7) is 1.08. The Morgan fingerprint density at radius 2 is 1.86 bits per heavy atom. The van der Waals surface area contributed by atoms with Crippen molar-refractivity contribution in [3.63, 3.8) is 0 Å². The van der Waals surface area contributed by atoms with Crippen molar-refractivity contribution in [3.05, 3.63) is 24.3 Å². The number of hydrogen-bond donors (Lipinski definition) is 3. The number of carbonyl (C=O) groups excluding carboxylic acids is 2. The van der Waals surface area contributed by atoms with Crippen LogP contribution >= 0.6 is 0 Å². The number of hydrazone groups is 1. The number of primary amides is 1. The van der Waals surface area contributed by atoms with Crippen LogP contribution in [0, 0.1) is 11.3 Å². The third kappa shape index (κ3) is 4.59. The summed E-state index contributed by atoms with van der Waals surface area (Å²) in [5, 5.41) is 12.0. The van der Waals surface area contributed by atoms with Crippen molar-refractivity contribution in [3.8, 4) is 6.07 Å². The Morgan fingerprint density at radius 3 is 2.29 bits per heavy atom. The third-order valence-electron chi connectivity index (χ3n) is 2.08. The fourth-order valence-corrected chi connectivity index (χ4v) is 2.20. The van der Waals surface area contributed by atoms with Crippen LogP contribution in [0.1, 0.15) is 6.92 Å². The predicted molar refractivity (Wildman–Crippen MR) is 73.3 cm³/mol. The van der Waals surface area contributed by atoms with Crippen molar-refractivity contribution in [2.75, 3.05) is 5.43 Å². The van der Waals surface area contributed by atoms with Gasteiger partial charge in [-0.2, -0.15) is 10.4 Å². The van der Waals surface area contributed by atoms with Gasteiger partial charge in [-0.25, -0.2) is 13.1 Å². The second kappa shape index (κ2) is 6.49. The molecule has 1 aromatic carbocycles. The maximum absolute atomic E-state index is 11.7. The Hall–Kier alpha value is -2.93. The summed E-state index contributed by atoms with van der Waals surface area (Å²) in [7, 11) is -3.92. The minimum absolute atomic E-state index is 0.123. The fraction of sp³-hybridized carbons (Fsp3) is 0.0909. The Kier molecular flexibility index (Phi) is 4.98. The van der Waals surface area contributed by atoms with Gasteiger partial charge in [0.05, 0.1) is 10.6 Å². The van der Waals surface area contributed by atoms with Crippen LogP contribution in [0.5, 0.6) is 0 Å². The molecule has 1 rings (SSSR count). The van der Waals surface area contributed by atoms with Crippen molar-refractivity contribution in [1.82, 2.24) is 4.72 Å². The number of nitriles is 1. The lowest BCUT2D eigenvalue weighted by Gasteiger charge is -2.05. The first-order valence-corrected chi connectivity index (χ1v) is 6.91. The maximum atomic E-state index is 11.7. The molecule has 4 N–H and O–H groups in total. The van der Waals surface area contributed by atoms with Gasteiger partial charge < -0.3 is 5.73 Å². The van der Waals surface area contributed by atoms with E-state index >= 15 is 0 Å². The quantitative estimate of drug-likeness (QED) is 0.482.